The van der Waals surface area contributed by atoms with Crippen molar-refractivity contribution in [1.29, 1.82) is 0 Å². The molecule has 1 saturated carbocycles. The Balaban J connectivity index is 2.29. The van der Waals surface area contributed by atoms with Crippen molar-refractivity contribution in [1.82, 2.24) is 0 Å². The molecule has 4 heteroatoms. The average molecular weight is 200 g/mol. The molecule has 0 N–H and O–H groups in total. The molecule has 0 atom stereocenters. The molecule has 0 saturated heterocycles. The van der Waals surface area contributed by atoms with Gasteiger partial charge in [0.25, 0.3) is 0 Å². The Labute approximate surface area is 83.6 Å². The SMILES string of the molecule is COC(=O)CCC1(CC(=O)OC)CC1. The summed E-state index contributed by atoms with van der Waals surface area (Å²) in [5.41, 5.74) is 0.0291. The molecule has 0 aliphatic heterocycles. The Morgan fingerprint density at radius 1 is 1.14 bits per heavy atom. The lowest BCUT2D eigenvalue weighted by Gasteiger charge is -2.11. The van der Waals surface area contributed by atoms with Gasteiger partial charge < -0.3 is 9.47 Å². The summed E-state index contributed by atoms with van der Waals surface area (Å²) in [6.07, 6.45) is 3.58. The normalized spacial score (nSPS) is 17.3. The van der Waals surface area contributed by atoms with Crippen LogP contribution in [0.25, 0.3) is 0 Å². The van der Waals surface area contributed by atoms with E-state index in [0.29, 0.717) is 12.8 Å². The first-order valence-electron chi connectivity index (χ1n) is 4.75. The van der Waals surface area contributed by atoms with Gasteiger partial charge >= 0.3 is 11.9 Å². The molecule has 0 aromatic carbocycles. The molecule has 0 spiro atoms. The van der Waals surface area contributed by atoms with Gasteiger partial charge in [0.1, 0.15) is 0 Å². The maximum Gasteiger partial charge on any atom is 0.306 e. The highest BCUT2D eigenvalue weighted by atomic mass is 16.5. The summed E-state index contributed by atoms with van der Waals surface area (Å²) in [6, 6.07) is 0. The maximum atomic E-state index is 11.0. The highest BCUT2D eigenvalue weighted by Gasteiger charge is 2.44. The van der Waals surface area contributed by atoms with Gasteiger partial charge in [-0.2, -0.15) is 0 Å². The molecule has 0 aromatic heterocycles. The Bertz CT molecular complexity index is 230. The fourth-order valence-electron chi connectivity index (χ4n) is 1.54. The summed E-state index contributed by atoms with van der Waals surface area (Å²) in [4.78, 5) is 21.9. The molecule has 0 radical (unpaired) electrons. The molecular weight excluding hydrogens is 184 g/mol. The van der Waals surface area contributed by atoms with Gasteiger partial charge in [0, 0.05) is 6.42 Å². The van der Waals surface area contributed by atoms with Crippen molar-refractivity contribution in [2.24, 2.45) is 5.41 Å². The fourth-order valence-corrected chi connectivity index (χ4v) is 1.54. The second-order valence-corrected chi connectivity index (χ2v) is 3.83. The monoisotopic (exact) mass is 200 g/mol. The Morgan fingerprint density at radius 3 is 2.14 bits per heavy atom. The third-order valence-corrected chi connectivity index (χ3v) is 2.79. The number of carbonyl (C=O) groups is 2. The first kappa shape index (κ1) is 11.0. The number of hydrogen-bond donors (Lipinski definition) is 0. The van der Waals surface area contributed by atoms with Crippen LogP contribution in [-0.2, 0) is 19.1 Å². The molecule has 1 aliphatic carbocycles. The van der Waals surface area contributed by atoms with Crippen molar-refractivity contribution >= 4 is 11.9 Å². The second kappa shape index (κ2) is 4.44. The first-order chi connectivity index (χ1) is 6.62. The van der Waals surface area contributed by atoms with Gasteiger partial charge in [-0.3, -0.25) is 9.59 Å². The maximum absolute atomic E-state index is 11.0. The largest absolute Gasteiger partial charge is 0.469 e. The van der Waals surface area contributed by atoms with Crippen LogP contribution in [0.4, 0.5) is 0 Å². The van der Waals surface area contributed by atoms with E-state index in [2.05, 4.69) is 9.47 Å². The molecule has 1 aliphatic rings. The Morgan fingerprint density at radius 2 is 1.71 bits per heavy atom. The number of hydrogen-bond acceptors (Lipinski definition) is 4. The number of methoxy groups -OCH3 is 2. The van der Waals surface area contributed by atoms with E-state index in [1.54, 1.807) is 0 Å². The lowest BCUT2D eigenvalue weighted by Crippen LogP contribution is -2.13. The van der Waals surface area contributed by atoms with Crippen LogP contribution in [0.15, 0.2) is 0 Å². The lowest BCUT2D eigenvalue weighted by molar-refractivity contribution is -0.144. The van der Waals surface area contributed by atoms with Gasteiger partial charge in [0.2, 0.25) is 0 Å². The van der Waals surface area contributed by atoms with Crippen molar-refractivity contribution in [2.45, 2.75) is 32.1 Å². The fraction of sp³-hybridized carbons (Fsp3) is 0.800. The molecule has 0 bridgehead atoms. The zero-order valence-corrected chi connectivity index (χ0v) is 8.67. The van der Waals surface area contributed by atoms with Crippen molar-refractivity contribution in [3.8, 4) is 0 Å². The van der Waals surface area contributed by atoms with Crippen LogP contribution in [-0.4, -0.2) is 26.2 Å². The zero-order chi connectivity index (χ0) is 10.6. The van der Waals surface area contributed by atoms with Crippen LogP contribution >= 0.6 is 0 Å². The predicted molar refractivity (Wildman–Crippen MR) is 49.6 cm³/mol. The molecule has 0 heterocycles. The third-order valence-electron chi connectivity index (χ3n) is 2.79. The number of carbonyl (C=O) groups excluding carboxylic acids is 2. The second-order valence-electron chi connectivity index (χ2n) is 3.83. The van der Waals surface area contributed by atoms with Crippen molar-refractivity contribution in [2.75, 3.05) is 14.2 Å². The van der Waals surface area contributed by atoms with E-state index in [4.69, 9.17) is 0 Å². The van der Waals surface area contributed by atoms with Gasteiger partial charge in [0.15, 0.2) is 0 Å². The van der Waals surface area contributed by atoms with Gasteiger partial charge in [-0.05, 0) is 24.7 Å². The van der Waals surface area contributed by atoms with Gasteiger partial charge in [-0.15, -0.1) is 0 Å². The molecule has 0 unspecified atom stereocenters. The minimum Gasteiger partial charge on any atom is -0.469 e. The quantitative estimate of drug-likeness (QED) is 0.627. The number of ether oxygens (including phenoxy) is 2. The highest BCUT2D eigenvalue weighted by molar-refractivity contribution is 5.71. The van der Waals surface area contributed by atoms with E-state index in [1.165, 1.54) is 14.2 Å². The smallest absolute Gasteiger partial charge is 0.306 e. The molecular formula is C10H16O4. The van der Waals surface area contributed by atoms with Gasteiger partial charge in [-0.1, -0.05) is 0 Å². The topological polar surface area (TPSA) is 52.6 Å². The molecule has 4 nitrogen and oxygen atoms in total. The van der Waals surface area contributed by atoms with Crippen LogP contribution < -0.4 is 0 Å². The van der Waals surface area contributed by atoms with Gasteiger partial charge in [0.05, 0.1) is 20.6 Å². The number of rotatable bonds is 5. The van der Waals surface area contributed by atoms with E-state index in [9.17, 15) is 9.59 Å². The van der Waals surface area contributed by atoms with E-state index >= 15 is 0 Å². The van der Waals surface area contributed by atoms with E-state index < -0.39 is 0 Å². The Kier molecular flexibility index (Phi) is 3.49. The van der Waals surface area contributed by atoms with Crippen LogP contribution in [0.2, 0.25) is 0 Å². The van der Waals surface area contributed by atoms with E-state index in [1.807, 2.05) is 0 Å². The predicted octanol–water partition coefficient (Wildman–Crippen LogP) is 1.28. The summed E-state index contributed by atoms with van der Waals surface area (Å²) < 4.78 is 9.15. The zero-order valence-electron chi connectivity index (χ0n) is 8.67. The summed E-state index contributed by atoms with van der Waals surface area (Å²) in [7, 11) is 2.76. The molecule has 0 amide bonds. The van der Waals surface area contributed by atoms with Crippen LogP contribution in [0.3, 0.4) is 0 Å². The van der Waals surface area contributed by atoms with Gasteiger partial charge in [-0.25, -0.2) is 0 Å². The minimum atomic E-state index is -0.207. The van der Waals surface area contributed by atoms with E-state index in [-0.39, 0.29) is 17.4 Å². The molecule has 0 aromatic rings. The average Bonchev–Trinajstić information content (AvgIpc) is 2.94. The lowest BCUT2D eigenvalue weighted by atomic mass is 9.96. The van der Waals surface area contributed by atoms with Crippen molar-refractivity contribution < 1.29 is 19.1 Å². The molecule has 1 fully saturated rings. The van der Waals surface area contributed by atoms with E-state index in [0.717, 1.165) is 19.3 Å². The standard InChI is InChI=1S/C10H16O4/c1-13-8(11)3-4-10(5-6-10)7-9(12)14-2/h3-7H2,1-2H3. The molecule has 1 rings (SSSR count). The summed E-state index contributed by atoms with van der Waals surface area (Å²) in [5, 5.41) is 0. The summed E-state index contributed by atoms with van der Waals surface area (Å²) in [6.45, 7) is 0. The summed E-state index contributed by atoms with van der Waals surface area (Å²) >= 11 is 0. The first-order valence-corrected chi connectivity index (χ1v) is 4.75. The Hall–Kier alpha value is -1.06. The van der Waals surface area contributed by atoms with Crippen LogP contribution in [0.1, 0.15) is 32.1 Å². The molecule has 14 heavy (non-hydrogen) atoms. The van der Waals surface area contributed by atoms with Crippen LogP contribution in [0, 0.1) is 5.41 Å². The number of esters is 2. The van der Waals surface area contributed by atoms with Crippen molar-refractivity contribution in [3.63, 3.8) is 0 Å². The minimum absolute atomic E-state index is 0.0291. The molecule has 80 valence electrons. The highest BCUT2D eigenvalue weighted by Crippen LogP contribution is 2.52. The van der Waals surface area contributed by atoms with Crippen molar-refractivity contribution in [3.05, 3.63) is 0 Å². The summed E-state index contributed by atoms with van der Waals surface area (Å²) in [5.74, 6) is -0.395. The third kappa shape index (κ3) is 3.01. The van der Waals surface area contributed by atoms with Crippen LogP contribution in [0.5, 0.6) is 0 Å².